The Bertz CT molecular complexity index is 370. The van der Waals surface area contributed by atoms with Gasteiger partial charge in [-0.1, -0.05) is 20.3 Å². The molecule has 6 nitrogen and oxygen atoms in total. The molecule has 0 aromatic rings. The largest absolute Gasteiger partial charge is 0.468 e. The molecule has 3 atom stereocenters. The zero-order valence-electron chi connectivity index (χ0n) is 11.7. The number of methoxy groups -OCH3 is 1. The van der Waals surface area contributed by atoms with Gasteiger partial charge in [0.15, 0.2) is 0 Å². The molecule has 1 aliphatic rings. The molecule has 0 bridgehead atoms. The predicted octanol–water partition coefficient (Wildman–Crippen LogP) is 0.441. The van der Waals surface area contributed by atoms with Crippen molar-refractivity contribution >= 4 is 17.8 Å². The number of amides is 2. The molecule has 0 spiro atoms. The Labute approximate surface area is 113 Å². The van der Waals surface area contributed by atoms with Gasteiger partial charge in [0.25, 0.3) is 0 Å². The average Bonchev–Trinajstić information content (AvgIpc) is 2.68. The Morgan fingerprint density at radius 3 is 2.53 bits per heavy atom. The third-order valence-corrected chi connectivity index (χ3v) is 3.61. The molecule has 1 fully saturated rings. The average molecular weight is 270 g/mol. The lowest BCUT2D eigenvalue weighted by Crippen LogP contribution is -2.49. The molecule has 0 radical (unpaired) electrons. The van der Waals surface area contributed by atoms with Gasteiger partial charge in [-0.3, -0.25) is 14.4 Å². The molecule has 0 saturated carbocycles. The minimum atomic E-state index is -0.796. The first kappa shape index (κ1) is 15.5. The summed E-state index contributed by atoms with van der Waals surface area (Å²) in [6, 6.07) is -0.752. The summed E-state index contributed by atoms with van der Waals surface area (Å²) in [5.74, 6) is -2.19. The van der Waals surface area contributed by atoms with E-state index in [0.29, 0.717) is 12.8 Å². The van der Waals surface area contributed by atoms with Gasteiger partial charge in [0.2, 0.25) is 11.8 Å². The van der Waals surface area contributed by atoms with Crippen LogP contribution >= 0.6 is 0 Å². The van der Waals surface area contributed by atoms with Crippen LogP contribution in [0.25, 0.3) is 0 Å². The van der Waals surface area contributed by atoms with Crippen molar-refractivity contribution in [3.05, 3.63) is 0 Å². The number of nitrogens with zero attached hydrogens (tertiary/aromatic N) is 1. The van der Waals surface area contributed by atoms with Crippen LogP contribution in [0.2, 0.25) is 0 Å². The number of likely N-dealkylation sites (tertiary alicyclic amines) is 1. The van der Waals surface area contributed by atoms with Crippen LogP contribution in [0.3, 0.4) is 0 Å². The predicted molar refractivity (Wildman–Crippen MR) is 68.9 cm³/mol. The third-order valence-electron chi connectivity index (χ3n) is 3.61. The summed E-state index contributed by atoms with van der Waals surface area (Å²) >= 11 is 0. The van der Waals surface area contributed by atoms with Crippen LogP contribution in [0.15, 0.2) is 0 Å². The van der Waals surface area contributed by atoms with E-state index in [4.69, 9.17) is 5.73 Å². The second-order valence-electron chi connectivity index (χ2n) is 4.83. The van der Waals surface area contributed by atoms with Crippen LogP contribution < -0.4 is 5.73 Å². The number of esters is 1. The third kappa shape index (κ3) is 3.05. The number of carbonyl (C=O) groups is 3. The standard InChI is InChI=1S/C13H22N2O4/c1-4-6-8-7-9(13(18)19-3)12(17)15(8)10(5-2)11(14)16/h8-10H,4-7H2,1-3H3,(H2,14,16). The van der Waals surface area contributed by atoms with Crippen LogP contribution in [-0.2, 0) is 19.1 Å². The van der Waals surface area contributed by atoms with Gasteiger partial charge in [0.1, 0.15) is 12.0 Å². The Morgan fingerprint density at radius 1 is 1.47 bits per heavy atom. The molecule has 2 N–H and O–H groups in total. The number of hydrogen-bond acceptors (Lipinski definition) is 4. The lowest BCUT2D eigenvalue weighted by atomic mass is 10.0. The fourth-order valence-corrected chi connectivity index (χ4v) is 2.72. The molecule has 3 unspecified atom stereocenters. The molecule has 1 aliphatic heterocycles. The molecule has 0 aromatic heterocycles. The Hall–Kier alpha value is -1.59. The number of primary amides is 1. The van der Waals surface area contributed by atoms with Gasteiger partial charge in [0.05, 0.1) is 7.11 Å². The Kier molecular flexibility index (Phi) is 5.32. The number of carbonyl (C=O) groups excluding carboxylic acids is 3. The van der Waals surface area contributed by atoms with Crippen LogP contribution in [0.5, 0.6) is 0 Å². The topological polar surface area (TPSA) is 89.7 Å². The monoisotopic (exact) mass is 270 g/mol. The van der Waals surface area contributed by atoms with Gasteiger partial charge in [-0.05, 0) is 19.3 Å². The highest BCUT2D eigenvalue weighted by Crippen LogP contribution is 2.31. The van der Waals surface area contributed by atoms with Gasteiger partial charge >= 0.3 is 5.97 Å². The van der Waals surface area contributed by atoms with Gasteiger partial charge in [-0.15, -0.1) is 0 Å². The van der Waals surface area contributed by atoms with Gasteiger partial charge < -0.3 is 15.4 Å². The zero-order valence-corrected chi connectivity index (χ0v) is 11.7. The van der Waals surface area contributed by atoms with Crippen molar-refractivity contribution in [3.8, 4) is 0 Å². The van der Waals surface area contributed by atoms with E-state index >= 15 is 0 Å². The minimum Gasteiger partial charge on any atom is -0.468 e. The second kappa shape index (κ2) is 6.54. The fraction of sp³-hybridized carbons (Fsp3) is 0.769. The minimum absolute atomic E-state index is 0.112. The van der Waals surface area contributed by atoms with E-state index in [1.807, 2.05) is 6.92 Å². The van der Waals surface area contributed by atoms with E-state index in [0.717, 1.165) is 12.8 Å². The maximum absolute atomic E-state index is 12.3. The van der Waals surface area contributed by atoms with Crippen LogP contribution in [0.1, 0.15) is 39.5 Å². The van der Waals surface area contributed by atoms with Gasteiger partial charge in [-0.25, -0.2) is 0 Å². The van der Waals surface area contributed by atoms with Crippen molar-refractivity contribution < 1.29 is 19.1 Å². The van der Waals surface area contributed by atoms with Crippen molar-refractivity contribution in [2.45, 2.75) is 51.6 Å². The summed E-state index contributed by atoms with van der Waals surface area (Å²) in [7, 11) is 1.26. The van der Waals surface area contributed by atoms with Gasteiger partial charge in [-0.2, -0.15) is 0 Å². The first-order chi connectivity index (χ1) is 8.97. The lowest BCUT2D eigenvalue weighted by Gasteiger charge is -2.30. The molecular weight excluding hydrogens is 248 g/mol. The molecule has 19 heavy (non-hydrogen) atoms. The molecule has 6 heteroatoms. The molecule has 108 valence electrons. The summed E-state index contributed by atoms with van der Waals surface area (Å²) in [6.45, 7) is 3.80. The van der Waals surface area contributed by atoms with E-state index in [-0.39, 0.29) is 11.9 Å². The number of ether oxygens (including phenoxy) is 1. The lowest BCUT2D eigenvalue weighted by molar-refractivity contribution is -0.152. The van der Waals surface area contributed by atoms with Crippen LogP contribution in [0.4, 0.5) is 0 Å². The van der Waals surface area contributed by atoms with Crippen molar-refractivity contribution in [1.82, 2.24) is 4.90 Å². The molecule has 1 rings (SSSR count). The number of nitrogens with two attached hydrogens (primary N) is 1. The summed E-state index contributed by atoms with van der Waals surface area (Å²) < 4.78 is 4.65. The first-order valence-electron chi connectivity index (χ1n) is 6.67. The van der Waals surface area contributed by atoms with Gasteiger partial charge in [0, 0.05) is 6.04 Å². The maximum Gasteiger partial charge on any atom is 0.318 e. The van der Waals surface area contributed by atoms with E-state index < -0.39 is 23.8 Å². The molecular formula is C13H22N2O4. The van der Waals surface area contributed by atoms with Crippen molar-refractivity contribution in [1.29, 1.82) is 0 Å². The maximum atomic E-state index is 12.3. The van der Waals surface area contributed by atoms with E-state index in [1.165, 1.54) is 12.0 Å². The fourth-order valence-electron chi connectivity index (χ4n) is 2.72. The Morgan fingerprint density at radius 2 is 2.11 bits per heavy atom. The molecule has 0 aromatic carbocycles. The van der Waals surface area contributed by atoms with E-state index in [2.05, 4.69) is 4.74 Å². The highest BCUT2D eigenvalue weighted by atomic mass is 16.5. The summed E-state index contributed by atoms with van der Waals surface area (Å²) in [4.78, 5) is 36.9. The zero-order chi connectivity index (χ0) is 14.6. The highest BCUT2D eigenvalue weighted by Gasteiger charge is 2.47. The first-order valence-corrected chi connectivity index (χ1v) is 6.67. The highest BCUT2D eigenvalue weighted by molar-refractivity contribution is 6.01. The smallest absolute Gasteiger partial charge is 0.318 e. The molecule has 1 heterocycles. The Balaban J connectivity index is 3.00. The summed E-state index contributed by atoms with van der Waals surface area (Å²) in [5, 5.41) is 0. The van der Waals surface area contributed by atoms with Crippen LogP contribution in [0, 0.1) is 5.92 Å². The second-order valence-corrected chi connectivity index (χ2v) is 4.83. The number of hydrogen-bond donors (Lipinski definition) is 1. The van der Waals surface area contributed by atoms with Crippen molar-refractivity contribution in [2.24, 2.45) is 11.7 Å². The summed E-state index contributed by atoms with van der Waals surface area (Å²) in [5.41, 5.74) is 5.35. The molecule has 1 saturated heterocycles. The number of rotatable bonds is 6. The summed E-state index contributed by atoms with van der Waals surface area (Å²) in [6.07, 6.45) is 2.48. The van der Waals surface area contributed by atoms with E-state index in [9.17, 15) is 14.4 Å². The van der Waals surface area contributed by atoms with Crippen molar-refractivity contribution in [2.75, 3.05) is 7.11 Å². The van der Waals surface area contributed by atoms with E-state index in [1.54, 1.807) is 6.92 Å². The normalized spacial score (nSPS) is 24.4. The van der Waals surface area contributed by atoms with Crippen molar-refractivity contribution in [3.63, 3.8) is 0 Å². The molecule has 0 aliphatic carbocycles. The van der Waals surface area contributed by atoms with Crippen LogP contribution in [-0.4, -0.2) is 41.9 Å². The SMILES string of the molecule is CCCC1CC(C(=O)OC)C(=O)N1C(CC)C(N)=O. The quantitative estimate of drug-likeness (QED) is 0.560. The molecule has 2 amide bonds.